The van der Waals surface area contributed by atoms with Crippen molar-refractivity contribution >= 4 is 23.1 Å². The Bertz CT molecular complexity index is 8.04. The SMILES string of the molecule is F.O.O.O.O.O.[MgH2]. The van der Waals surface area contributed by atoms with E-state index in [2.05, 4.69) is 0 Å². The fourth-order valence-corrected chi connectivity index (χ4v) is 0. The van der Waals surface area contributed by atoms with Crippen LogP contribution >= 0.6 is 0 Å². The van der Waals surface area contributed by atoms with Gasteiger partial charge < -0.3 is 27.4 Å². The molecule has 0 heterocycles. The van der Waals surface area contributed by atoms with Crippen LogP contribution in [0.3, 0.4) is 0 Å². The van der Waals surface area contributed by atoms with E-state index in [-0.39, 0.29) is 55.1 Å². The van der Waals surface area contributed by atoms with Gasteiger partial charge in [0.05, 0.1) is 0 Å². The van der Waals surface area contributed by atoms with E-state index in [1.54, 1.807) is 0 Å². The third-order valence-corrected chi connectivity index (χ3v) is 0. The highest BCUT2D eigenvalue weighted by Crippen LogP contribution is 0.420. The van der Waals surface area contributed by atoms with Crippen LogP contribution in [0.5, 0.6) is 0 Å². The maximum atomic E-state index is 0. The Kier molecular flexibility index (Phi) is 146000. The Hall–Kier alpha value is 0.496. The van der Waals surface area contributed by atoms with Gasteiger partial charge in [-0.2, -0.15) is 0 Å². The molecular formula is H13FMgO5. The molecule has 0 aliphatic heterocycles. The first kappa shape index (κ1) is 1280. The highest BCUT2D eigenvalue weighted by molar-refractivity contribution is 5.75. The lowest BCUT2D eigenvalue weighted by atomic mass is 16.0. The molecule has 0 aliphatic rings. The van der Waals surface area contributed by atoms with Crippen LogP contribution in [0.25, 0.3) is 0 Å². The van der Waals surface area contributed by atoms with E-state index in [1.165, 1.54) is 0 Å². The summed E-state index contributed by atoms with van der Waals surface area (Å²) in [5.41, 5.74) is 0. The summed E-state index contributed by atoms with van der Waals surface area (Å²) in [7, 11) is 0. The van der Waals surface area contributed by atoms with Crippen molar-refractivity contribution in [3.05, 3.63) is 0 Å². The van der Waals surface area contributed by atoms with Crippen LogP contribution < -0.4 is 0 Å². The summed E-state index contributed by atoms with van der Waals surface area (Å²) in [6.45, 7) is 0. The van der Waals surface area contributed by atoms with Crippen LogP contribution in [0.1, 0.15) is 0 Å². The van der Waals surface area contributed by atoms with Gasteiger partial charge in [-0.1, -0.05) is 0 Å². The molecule has 0 saturated carbocycles. The van der Waals surface area contributed by atoms with Crippen LogP contribution in [-0.4, -0.2) is 50.4 Å². The first-order chi connectivity index (χ1) is 0. The van der Waals surface area contributed by atoms with E-state index < -0.39 is 0 Å². The van der Waals surface area contributed by atoms with Gasteiger partial charge >= 0.3 is 23.1 Å². The summed E-state index contributed by atoms with van der Waals surface area (Å²) in [6, 6.07) is 0. The molecule has 0 unspecified atom stereocenters. The molecule has 0 rings (SSSR count). The normalized spacial score (nSPS) is 0. The van der Waals surface area contributed by atoms with E-state index in [1.807, 2.05) is 0 Å². The number of hydrogen-bond donors (Lipinski definition) is 0. The van der Waals surface area contributed by atoms with Crippen molar-refractivity contribution in [1.29, 1.82) is 0 Å². The maximum absolute atomic E-state index is 0. The Morgan fingerprint density at radius 3 is 0.429 bits per heavy atom. The molecule has 0 bridgehead atoms. The summed E-state index contributed by atoms with van der Waals surface area (Å²) in [5, 5.41) is 0. The Labute approximate surface area is 55.8 Å². The molecule has 0 atom stereocenters. The molecule has 7 heteroatoms. The molecule has 0 radical (unpaired) electrons. The number of hydrogen-bond acceptors (Lipinski definition) is 0. The van der Waals surface area contributed by atoms with Gasteiger partial charge in [-0.05, 0) is 0 Å². The molecule has 10 N–H and O–H groups in total. The first-order valence-electron chi connectivity index (χ1n) is 0. The van der Waals surface area contributed by atoms with Gasteiger partial charge in [0.2, 0.25) is 0 Å². The van der Waals surface area contributed by atoms with Crippen LogP contribution in [0.2, 0.25) is 0 Å². The topological polar surface area (TPSA) is 158 Å². The molecule has 0 aromatic heterocycles. The molecule has 0 spiro atoms. The monoisotopic (exact) mass is 136 g/mol. The predicted molar refractivity (Wildman–Crippen MR) is 29.1 cm³/mol. The highest BCUT2D eigenvalue weighted by Gasteiger charge is 0.316. The second-order valence-corrected chi connectivity index (χ2v) is 0. The molecule has 0 aromatic rings. The van der Waals surface area contributed by atoms with Gasteiger partial charge in [-0.15, -0.1) is 0 Å². The Morgan fingerprint density at radius 2 is 0.429 bits per heavy atom. The minimum absolute atomic E-state index is 0. The van der Waals surface area contributed by atoms with Gasteiger partial charge in [0, 0.05) is 0 Å². The molecule has 52 valence electrons. The van der Waals surface area contributed by atoms with Gasteiger partial charge in [-0.25, -0.2) is 0 Å². The van der Waals surface area contributed by atoms with Crippen LogP contribution in [0.15, 0.2) is 0 Å². The van der Waals surface area contributed by atoms with E-state index in [0.717, 1.165) is 0 Å². The van der Waals surface area contributed by atoms with Crippen molar-refractivity contribution in [2.24, 2.45) is 0 Å². The largest absolute Gasteiger partial charge is 0.412 e. The van der Waals surface area contributed by atoms with Crippen molar-refractivity contribution in [2.45, 2.75) is 0 Å². The van der Waals surface area contributed by atoms with Crippen molar-refractivity contribution in [3.8, 4) is 0 Å². The average Bonchev–Trinajstić information content (AvgIpc) is 0. The van der Waals surface area contributed by atoms with E-state index in [4.69, 9.17) is 0 Å². The lowest BCUT2D eigenvalue weighted by molar-refractivity contribution is 0.823. The van der Waals surface area contributed by atoms with Crippen molar-refractivity contribution in [2.75, 3.05) is 0 Å². The second kappa shape index (κ2) is 797. The molecule has 5 nitrogen and oxygen atoms in total. The fraction of sp³-hybridized carbons (Fsp3) is 0. The summed E-state index contributed by atoms with van der Waals surface area (Å²) in [5.74, 6) is 0. The summed E-state index contributed by atoms with van der Waals surface area (Å²) in [4.78, 5) is 0. The van der Waals surface area contributed by atoms with Crippen LogP contribution in [-0.2, 0) is 0 Å². The van der Waals surface area contributed by atoms with Gasteiger partial charge in [0.15, 0.2) is 0 Å². The Balaban J connectivity index is 0. The molecule has 0 aliphatic carbocycles. The molecule has 0 amide bonds. The van der Waals surface area contributed by atoms with Crippen molar-refractivity contribution in [3.63, 3.8) is 0 Å². The predicted octanol–water partition coefficient (Wildman–Crippen LogP) is -4.89. The number of halogens is 1. The average molecular weight is 136 g/mol. The van der Waals surface area contributed by atoms with E-state index in [9.17, 15) is 0 Å². The minimum Gasteiger partial charge on any atom is -0.412 e. The first-order valence-corrected chi connectivity index (χ1v) is 0. The summed E-state index contributed by atoms with van der Waals surface area (Å²) < 4.78 is 0. The zero-order valence-corrected chi connectivity index (χ0v) is 2.91. The summed E-state index contributed by atoms with van der Waals surface area (Å²) in [6.07, 6.45) is 0. The van der Waals surface area contributed by atoms with E-state index >= 15 is 0 Å². The van der Waals surface area contributed by atoms with Crippen molar-refractivity contribution < 1.29 is 32.1 Å². The molecule has 0 aromatic carbocycles. The molecule has 0 fully saturated rings. The lowest BCUT2D eigenvalue weighted by Gasteiger charge is -0.413. The zero-order valence-electron chi connectivity index (χ0n) is 2.91. The third kappa shape index (κ3) is 533. The molecular weight excluding hydrogens is 123 g/mol. The van der Waals surface area contributed by atoms with Crippen LogP contribution in [0, 0.1) is 0 Å². The lowest BCUT2D eigenvalue weighted by Crippen LogP contribution is -0.381. The second-order valence-electron chi connectivity index (χ2n) is 0. The smallest absolute Gasteiger partial charge is 0.316 e. The van der Waals surface area contributed by atoms with Gasteiger partial charge in [0.25, 0.3) is 0 Å². The third-order valence-electron chi connectivity index (χ3n) is 0. The Morgan fingerprint density at radius 1 is 0.429 bits per heavy atom. The zero-order chi connectivity index (χ0) is 0. The van der Waals surface area contributed by atoms with Crippen molar-refractivity contribution in [1.82, 2.24) is 0 Å². The van der Waals surface area contributed by atoms with Gasteiger partial charge in [0.1, 0.15) is 0 Å². The quantitative estimate of drug-likeness (QED) is 0.292. The summed E-state index contributed by atoms with van der Waals surface area (Å²) >= 11 is 0. The fourth-order valence-electron chi connectivity index (χ4n) is 0. The van der Waals surface area contributed by atoms with E-state index in [0.29, 0.717) is 0 Å². The standard InChI is InChI=1S/FH.Mg.5H2O.2H/h1H;;5*1H2;;. The van der Waals surface area contributed by atoms with Crippen LogP contribution in [0.4, 0.5) is 4.70 Å². The maximum Gasteiger partial charge on any atom is 0.316 e. The van der Waals surface area contributed by atoms with Gasteiger partial charge in [-0.3, -0.25) is 4.70 Å². The molecule has 0 saturated heterocycles. The highest BCUT2D eigenvalue weighted by atomic mass is 24.3. The molecule has 7 heavy (non-hydrogen) atoms. The number of rotatable bonds is 0. The minimum atomic E-state index is 0.